The molecule has 1 aliphatic heterocycles. The van der Waals surface area contributed by atoms with Crippen LogP contribution in [0.4, 0.5) is 4.39 Å². The normalized spacial score (nSPS) is 18.6. The third-order valence-corrected chi connectivity index (χ3v) is 6.39. The molecule has 33 heavy (non-hydrogen) atoms. The van der Waals surface area contributed by atoms with Crippen LogP contribution in [0.3, 0.4) is 0 Å². The van der Waals surface area contributed by atoms with Crippen molar-refractivity contribution in [2.75, 3.05) is 26.7 Å². The summed E-state index contributed by atoms with van der Waals surface area (Å²) in [5, 5.41) is 6.71. The molecule has 2 atom stereocenters. The summed E-state index contributed by atoms with van der Waals surface area (Å²) in [6.07, 6.45) is 1.26. The fourth-order valence-corrected chi connectivity index (χ4v) is 4.65. The Morgan fingerprint density at radius 1 is 1.18 bits per heavy atom. The molecule has 0 saturated carbocycles. The maximum Gasteiger partial charge on any atom is 0.237 e. The van der Waals surface area contributed by atoms with E-state index in [4.69, 9.17) is 4.74 Å². The highest BCUT2D eigenvalue weighted by Gasteiger charge is 2.36. The summed E-state index contributed by atoms with van der Waals surface area (Å²) in [4.78, 5) is 15.3. The fourth-order valence-electron chi connectivity index (χ4n) is 4.65. The number of ether oxygens (including phenoxy) is 1. The van der Waals surface area contributed by atoms with Crippen LogP contribution in [0.2, 0.25) is 0 Å². The van der Waals surface area contributed by atoms with Gasteiger partial charge >= 0.3 is 0 Å². The summed E-state index contributed by atoms with van der Waals surface area (Å²) in [7, 11) is 1.70. The first kappa shape index (κ1) is 25.2. The van der Waals surface area contributed by atoms with E-state index in [2.05, 4.69) is 55.4 Å². The van der Waals surface area contributed by atoms with Crippen LogP contribution in [-0.2, 0) is 17.8 Å². The molecule has 1 aliphatic rings. The van der Waals surface area contributed by atoms with Crippen LogP contribution in [0.15, 0.2) is 36.4 Å². The van der Waals surface area contributed by atoms with Gasteiger partial charge in [-0.05, 0) is 67.0 Å². The number of likely N-dealkylation sites (tertiary alicyclic amines) is 1. The molecular weight excluding hydrogens is 417 g/mol. The summed E-state index contributed by atoms with van der Waals surface area (Å²) < 4.78 is 19.3. The van der Waals surface area contributed by atoms with Gasteiger partial charge in [-0.2, -0.15) is 0 Å². The Hall–Kier alpha value is -2.44. The molecular formula is C27H38FN3O2. The van der Waals surface area contributed by atoms with Crippen LogP contribution in [0, 0.1) is 25.6 Å². The Labute approximate surface area is 197 Å². The summed E-state index contributed by atoms with van der Waals surface area (Å²) >= 11 is 0. The van der Waals surface area contributed by atoms with E-state index in [0.717, 1.165) is 37.4 Å². The van der Waals surface area contributed by atoms with Gasteiger partial charge in [0.25, 0.3) is 0 Å². The van der Waals surface area contributed by atoms with Crippen molar-refractivity contribution in [3.63, 3.8) is 0 Å². The van der Waals surface area contributed by atoms with Crippen LogP contribution < -0.4 is 15.4 Å². The monoisotopic (exact) mass is 455 g/mol. The molecule has 0 aromatic heterocycles. The Morgan fingerprint density at radius 2 is 1.94 bits per heavy atom. The van der Waals surface area contributed by atoms with E-state index in [9.17, 15) is 9.18 Å². The standard InChI is InChI=1S/C27H38FN3O2/c1-18(2)16-31-17-23(30-15-22-12-20(4)26(33-5)13-19(22)3)14-25(31)27(32)29-11-10-21-8-6-7-9-24(21)28/h6-9,12-13,18,23,25,30H,10-11,14-17H2,1-5H3,(H,29,32)/t23-,25-/m0/s1. The van der Waals surface area contributed by atoms with Gasteiger partial charge in [-0.3, -0.25) is 9.69 Å². The van der Waals surface area contributed by atoms with E-state index >= 15 is 0 Å². The van der Waals surface area contributed by atoms with Crippen LogP contribution >= 0.6 is 0 Å². The molecule has 1 amide bonds. The van der Waals surface area contributed by atoms with Crippen LogP contribution in [-0.4, -0.2) is 49.6 Å². The number of hydrogen-bond acceptors (Lipinski definition) is 4. The average Bonchev–Trinajstić information content (AvgIpc) is 3.17. The average molecular weight is 456 g/mol. The summed E-state index contributed by atoms with van der Waals surface area (Å²) in [6.45, 7) is 11.4. The number of hydrogen-bond donors (Lipinski definition) is 2. The molecule has 1 saturated heterocycles. The molecule has 0 radical (unpaired) electrons. The van der Waals surface area contributed by atoms with Gasteiger partial charge in [-0.15, -0.1) is 0 Å². The van der Waals surface area contributed by atoms with Gasteiger partial charge in [0, 0.05) is 32.2 Å². The van der Waals surface area contributed by atoms with E-state index in [1.54, 1.807) is 19.2 Å². The van der Waals surface area contributed by atoms with E-state index < -0.39 is 0 Å². The fraction of sp³-hybridized carbons (Fsp3) is 0.519. The lowest BCUT2D eigenvalue weighted by atomic mass is 10.0. The van der Waals surface area contributed by atoms with E-state index in [1.807, 2.05) is 6.07 Å². The lowest BCUT2D eigenvalue weighted by Crippen LogP contribution is -2.45. The van der Waals surface area contributed by atoms with Crippen molar-refractivity contribution in [1.29, 1.82) is 0 Å². The number of halogens is 1. The first-order valence-corrected chi connectivity index (χ1v) is 11.9. The summed E-state index contributed by atoms with van der Waals surface area (Å²) in [5.41, 5.74) is 4.21. The molecule has 3 rings (SSSR count). The number of carbonyl (C=O) groups excluding carboxylic acids is 1. The van der Waals surface area contributed by atoms with E-state index in [-0.39, 0.29) is 23.8 Å². The lowest BCUT2D eigenvalue weighted by molar-refractivity contribution is -0.125. The smallest absolute Gasteiger partial charge is 0.237 e. The van der Waals surface area contributed by atoms with Gasteiger partial charge in [0.2, 0.25) is 5.91 Å². The van der Waals surface area contributed by atoms with Gasteiger partial charge in [0.15, 0.2) is 0 Å². The van der Waals surface area contributed by atoms with Crippen molar-refractivity contribution in [3.05, 3.63) is 64.5 Å². The second-order valence-corrected chi connectivity index (χ2v) is 9.56. The highest BCUT2D eigenvalue weighted by Crippen LogP contribution is 2.24. The molecule has 0 spiro atoms. The maximum absolute atomic E-state index is 13.9. The third kappa shape index (κ3) is 6.78. The Kier molecular flexibility index (Phi) is 8.87. The summed E-state index contributed by atoms with van der Waals surface area (Å²) in [5.74, 6) is 1.20. The zero-order valence-corrected chi connectivity index (χ0v) is 20.6. The van der Waals surface area contributed by atoms with Crippen molar-refractivity contribution in [3.8, 4) is 5.75 Å². The molecule has 2 aromatic carbocycles. The molecule has 5 nitrogen and oxygen atoms in total. The van der Waals surface area contributed by atoms with Gasteiger partial charge in [0.05, 0.1) is 13.2 Å². The minimum Gasteiger partial charge on any atom is -0.496 e. The number of aryl methyl sites for hydroxylation is 2. The molecule has 2 N–H and O–H groups in total. The first-order chi connectivity index (χ1) is 15.8. The predicted molar refractivity (Wildman–Crippen MR) is 131 cm³/mol. The van der Waals surface area contributed by atoms with Gasteiger partial charge in [-0.25, -0.2) is 4.39 Å². The van der Waals surface area contributed by atoms with Crippen molar-refractivity contribution in [2.45, 2.75) is 59.2 Å². The Balaban J connectivity index is 1.58. The second-order valence-electron chi connectivity index (χ2n) is 9.56. The minimum absolute atomic E-state index is 0.0350. The van der Waals surface area contributed by atoms with Crippen molar-refractivity contribution in [2.24, 2.45) is 5.92 Å². The molecule has 6 heteroatoms. The molecule has 0 bridgehead atoms. The van der Waals surface area contributed by atoms with E-state index in [1.165, 1.54) is 17.2 Å². The Bertz CT molecular complexity index is 947. The van der Waals surface area contributed by atoms with Crippen molar-refractivity contribution >= 4 is 5.91 Å². The number of methoxy groups -OCH3 is 1. The molecule has 1 fully saturated rings. The minimum atomic E-state index is -0.220. The highest BCUT2D eigenvalue weighted by atomic mass is 19.1. The van der Waals surface area contributed by atoms with Crippen LogP contribution in [0.5, 0.6) is 5.75 Å². The Morgan fingerprint density at radius 3 is 2.64 bits per heavy atom. The number of benzene rings is 2. The zero-order chi connectivity index (χ0) is 24.0. The number of nitrogens with zero attached hydrogens (tertiary/aromatic N) is 1. The highest BCUT2D eigenvalue weighted by molar-refractivity contribution is 5.82. The van der Waals surface area contributed by atoms with Crippen LogP contribution in [0.25, 0.3) is 0 Å². The number of carbonyl (C=O) groups is 1. The first-order valence-electron chi connectivity index (χ1n) is 11.9. The zero-order valence-electron chi connectivity index (χ0n) is 20.6. The predicted octanol–water partition coefficient (Wildman–Crippen LogP) is 4.00. The quantitative estimate of drug-likeness (QED) is 0.569. The van der Waals surface area contributed by atoms with Crippen molar-refractivity contribution in [1.82, 2.24) is 15.5 Å². The molecule has 0 aliphatic carbocycles. The third-order valence-electron chi connectivity index (χ3n) is 6.39. The van der Waals surface area contributed by atoms with Gasteiger partial charge in [0.1, 0.15) is 11.6 Å². The van der Waals surface area contributed by atoms with Crippen LogP contribution in [0.1, 0.15) is 42.5 Å². The van der Waals surface area contributed by atoms with Gasteiger partial charge in [-0.1, -0.05) is 38.1 Å². The number of amides is 1. The topological polar surface area (TPSA) is 53.6 Å². The second kappa shape index (κ2) is 11.6. The lowest BCUT2D eigenvalue weighted by Gasteiger charge is -2.25. The maximum atomic E-state index is 13.9. The van der Waals surface area contributed by atoms with Gasteiger partial charge < -0.3 is 15.4 Å². The molecule has 0 unspecified atom stereocenters. The summed E-state index contributed by atoms with van der Waals surface area (Å²) in [6, 6.07) is 11.1. The van der Waals surface area contributed by atoms with E-state index in [0.29, 0.717) is 24.4 Å². The molecule has 1 heterocycles. The number of nitrogens with one attached hydrogen (secondary N) is 2. The van der Waals surface area contributed by atoms with Crippen molar-refractivity contribution < 1.29 is 13.9 Å². The SMILES string of the molecule is COc1cc(C)c(CN[C@H]2C[C@@H](C(=O)NCCc3ccccc3F)N(CC(C)C)C2)cc1C. The number of rotatable bonds is 10. The largest absolute Gasteiger partial charge is 0.496 e. The molecule has 180 valence electrons. The molecule has 2 aromatic rings.